The van der Waals surface area contributed by atoms with E-state index in [2.05, 4.69) is 0 Å². The molecule has 4 nitrogen and oxygen atoms in total. The summed E-state index contributed by atoms with van der Waals surface area (Å²) in [5, 5.41) is 18.4. The molecule has 2 N–H and O–H groups in total. The third-order valence-electron chi connectivity index (χ3n) is 2.97. The lowest BCUT2D eigenvalue weighted by Gasteiger charge is -2.39. The average Bonchev–Trinajstić information content (AvgIpc) is 2.11. The van der Waals surface area contributed by atoms with Gasteiger partial charge in [0.25, 0.3) is 0 Å². The van der Waals surface area contributed by atoms with Crippen LogP contribution in [0.15, 0.2) is 12.1 Å². The molecule has 1 saturated heterocycles. The van der Waals surface area contributed by atoms with Crippen molar-refractivity contribution >= 4 is 6.09 Å². The number of benzene rings is 1. The Morgan fingerprint density at radius 3 is 2.22 bits per heavy atom. The SMILES string of the molecule is O=C(O)N1CC(C(O)c2c(F)cc(F)cc2F)C1. The van der Waals surface area contributed by atoms with Crippen LogP contribution in [0.2, 0.25) is 0 Å². The van der Waals surface area contributed by atoms with E-state index in [1.807, 2.05) is 0 Å². The Kier molecular flexibility index (Phi) is 3.16. The fourth-order valence-corrected chi connectivity index (χ4v) is 1.94. The molecule has 1 amide bonds. The van der Waals surface area contributed by atoms with Crippen LogP contribution in [0.25, 0.3) is 0 Å². The fraction of sp³-hybridized carbons (Fsp3) is 0.364. The van der Waals surface area contributed by atoms with Crippen LogP contribution in [0.1, 0.15) is 11.7 Å². The Bertz CT molecular complexity index is 465. The monoisotopic (exact) mass is 261 g/mol. The lowest BCUT2D eigenvalue weighted by atomic mass is 9.89. The van der Waals surface area contributed by atoms with E-state index in [0.717, 1.165) is 4.90 Å². The molecule has 98 valence electrons. The molecule has 0 saturated carbocycles. The maximum absolute atomic E-state index is 13.4. The number of hydrogen-bond donors (Lipinski definition) is 2. The molecule has 18 heavy (non-hydrogen) atoms. The van der Waals surface area contributed by atoms with Gasteiger partial charge < -0.3 is 15.1 Å². The summed E-state index contributed by atoms with van der Waals surface area (Å²) in [6, 6.07) is 0.963. The Morgan fingerprint density at radius 1 is 1.28 bits per heavy atom. The van der Waals surface area contributed by atoms with Crippen LogP contribution in [-0.4, -0.2) is 34.3 Å². The number of nitrogens with zero attached hydrogens (tertiary/aromatic N) is 1. The van der Waals surface area contributed by atoms with Gasteiger partial charge in [0.05, 0.1) is 11.7 Å². The van der Waals surface area contributed by atoms with Gasteiger partial charge in [-0.05, 0) is 0 Å². The summed E-state index contributed by atoms with van der Waals surface area (Å²) >= 11 is 0. The first-order chi connectivity index (χ1) is 8.40. The van der Waals surface area contributed by atoms with Crippen molar-refractivity contribution in [3.63, 3.8) is 0 Å². The van der Waals surface area contributed by atoms with E-state index in [1.165, 1.54) is 0 Å². The second-order valence-corrected chi connectivity index (χ2v) is 4.18. The molecular formula is C11H10F3NO3. The number of rotatable bonds is 2. The third-order valence-corrected chi connectivity index (χ3v) is 2.97. The second-order valence-electron chi connectivity index (χ2n) is 4.18. The zero-order chi connectivity index (χ0) is 13.4. The number of carboxylic acid groups (broad SMARTS) is 1. The average molecular weight is 261 g/mol. The van der Waals surface area contributed by atoms with Gasteiger partial charge in [-0.1, -0.05) is 0 Å². The van der Waals surface area contributed by atoms with E-state index < -0.39 is 41.1 Å². The van der Waals surface area contributed by atoms with E-state index in [4.69, 9.17) is 5.11 Å². The molecule has 0 aliphatic carbocycles. The van der Waals surface area contributed by atoms with Crippen molar-refractivity contribution in [1.29, 1.82) is 0 Å². The van der Waals surface area contributed by atoms with Crippen LogP contribution in [0.3, 0.4) is 0 Å². The molecule has 1 aromatic rings. The van der Waals surface area contributed by atoms with Gasteiger partial charge in [0.1, 0.15) is 17.5 Å². The Morgan fingerprint density at radius 2 is 1.78 bits per heavy atom. The molecule has 0 aromatic heterocycles. The summed E-state index contributed by atoms with van der Waals surface area (Å²) < 4.78 is 39.4. The molecule has 1 atom stereocenters. The number of aliphatic hydroxyl groups excluding tert-OH is 1. The quantitative estimate of drug-likeness (QED) is 0.852. The Hall–Kier alpha value is -1.76. The largest absolute Gasteiger partial charge is 0.465 e. The topological polar surface area (TPSA) is 60.8 Å². The number of likely N-dealkylation sites (tertiary alicyclic amines) is 1. The molecule has 0 spiro atoms. The summed E-state index contributed by atoms with van der Waals surface area (Å²) in [5.41, 5.74) is -0.619. The minimum absolute atomic E-state index is 0.00719. The fourth-order valence-electron chi connectivity index (χ4n) is 1.94. The Balaban J connectivity index is 2.16. The maximum atomic E-state index is 13.4. The molecule has 1 heterocycles. The van der Waals surface area contributed by atoms with Crippen LogP contribution in [0.5, 0.6) is 0 Å². The van der Waals surface area contributed by atoms with E-state index >= 15 is 0 Å². The number of halogens is 3. The van der Waals surface area contributed by atoms with Crippen molar-refractivity contribution in [2.45, 2.75) is 6.10 Å². The smallest absolute Gasteiger partial charge is 0.407 e. The molecule has 0 radical (unpaired) electrons. The molecule has 0 bridgehead atoms. The first-order valence-corrected chi connectivity index (χ1v) is 5.20. The van der Waals surface area contributed by atoms with Crippen LogP contribution in [-0.2, 0) is 0 Å². The summed E-state index contributed by atoms with van der Waals surface area (Å²) in [5.74, 6) is -4.00. The summed E-state index contributed by atoms with van der Waals surface area (Å²) in [7, 11) is 0. The normalized spacial score (nSPS) is 17.4. The summed E-state index contributed by atoms with van der Waals surface area (Å²) in [4.78, 5) is 11.5. The van der Waals surface area contributed by atoms with Crippen molar-refractivity contribution in [2.24, 2.45) is 5.92 Å². The van der Waals surface area contributed by atoms with Crippen molar-refractivity contribution in [1.82, 2.24) is 4.90 Å². The zero-order valence-corrected chi connectivity index (χ0v) is 9.11. The van der Waals surface area contributed by atoms with E-state index in [-0.39, 0.29) is 13.1 Å². The Labute approximate surface area is 100 Å². The zero-order valence-electron chi connectivity index (χ0n) is 9.11. The maximum Gasteiger partial charge on any atom is 0.407 e. The summed E-state index contributed by atoms with van der Waals surface area (Å²) in [6.45, 7) is -0.0144. The van der Waals surface area contributed by atoms with Crippen LogP contribution < -0.4 is 0 Å². The lowest BCUT2D eigenvalue weighted by Crippen LogP contribution is -2.51. The van der Waals surface area contributed by atoms with E-state index in [1.54, 1.807) is 0 Å². The predicted octanol–water partition coefficient (Wildman–Crippen LogP) is 1.75. The van der Waals surface area contributed by atoms with Crippen LogP contribution in [0, 0.1) is 23.4 Å². The van der Waals surface area contributed by atoms with Gasteiger partial charge in [-0.2, -0.15) is 0 Å². The van der Waals surface area contributed by atoms with Crippen LogP contribution >= 0.6 is 0 Å². The number of hydrogen-bond acceptors (Lipinski definition) is 2. The molecule has 2 rings (SSSR count). The molecule has 1 aliphatic heterocycles. The highest BCUT2D eigenvalue weighted by Gasteiger charge is 2.38. The van der Waals surface area contributed by atoms with Gasteiger partial charge in [-0.25, -0.2) is 18.0 Å². The molecule has 1 aliphatic rings. The highest BCUT2D eigenvalue weighted by atomic mass is 19.1. The molecule has 1 fully saturated rings. The number of amides is 1. The summed E-state index contributed by atoms with van der Waals surface area (Å²) in [6.07, 6.45) is -2.64. The van der Waals surface area contributed by atoms with Gasteiger partial charge in [0.15, 0.2) is 0 Å². The first kappa shape index (κ1) is 12.7. The highest BCUT2D eigenvalue weighted by molar-refractivity contribution is 5.66. The van der Waals surface area contributed by atoms with Gasteiger partial charge in [-0.15, -0.1) is 0 Å². The standard InChI is InChI=1S/C11H10F3NO3/c12-6-1-7(13)9(8(14)2-6)10(16)5-3-15(4-5)11(17)18/h1-2,5,10,16H,3-4H2,(H,17,18). The van der Waals surface area contributed by atoms with Crippen molar-refractivity contribution in [3.05, 3.63) is 35.1 Å². The second kappa shape index (κ2) is 4.49. The number of carbonyl (C=O) groups is 1. The number of aliphatic hydroxyl groups is 1. The van der Waals surface area contributed by atoms with Gasteiger partial charge >= 0.3 is 6.09 Å². The van der Waals surface area contributed by atoms with E-state index in [9.17, 15) is 23.1 Å². The van der Waals surface area contributed by atoms with Gasteiger partial charge in [0, 0.05) is 31.1 Å². The molecule has 1 unspecified atom stereocenters. The predicted molar refractivity (Wildman–Crippen MR) is 54.4 cm³/mol. The van der Waals surface area contributed by atoms with Crippen molar-refractivity contribution in [3.8, 4) is 0 Å². The highest BCUT2D eigenvalue weighted by Crippen LogP contribution is 2.33. The van der Waals surface area contributed by atoms with Crippen LogP contribution in [0.4, 0.5) is 18.0 Å². The minimum atomic E-state index is -1.48. The molecular weight excluding hydrogens is 251 g/mol. The van der Waals surface area contributed by atoms with Gasteiger partial charge in [-0.3, -0.25) is 0 Å². The van der Waals surface area contributed by atoms with E-state index in [0.29, 0.717) is 12.1 Å². The third kappa shape index (κ3) is 2.13. The van der Waals surface area contributed by atoms with Crippen molar-refractivity contribution in [2.75, 3.05) is 13.1 Å². The lowest BCUT2D eigenvalue weighted by molar-refractivity contribution is -0.000373. The molecule has 1 aromatic carbocycles. The first-order valence-electron chi connectivity index (χ1n) is 5.20. The molecule has 7 heteroatoms. The van der Waals surface area contributed by atoms with Gasteiger partial charge in [0.2, 0.25) is 0 Å². The van der Waals surface area contributed by atoms with Crippen molar-refractivity contribution < 1.29 is 28.2 Å². The minimum Gasteiger partial charge on any atom is -0.465 e.